The molecule has 0 radical (unpaired) electrons. The number of ether oxygens (including phenoxy) is 1. The summed E-state index contributed by atoms with van der Waals surface area (Å²) in [5.41, 5.74) is 3.86. The normalized spacial score (nSPS) is 10.8. The molecular weight excluding hydrogens is 376 g/mol. The molecule has 0 aromatic heterocycles. The third-order valence-corrected chi connectivity index (χ3v) is 3.66. The van der Waals surface area contributed by atoms with Crippen molar-refractivity contribution < 1.29 is 19.7 Å². The second-order valence-corrected chi connectivity index (χ2v) is 5.77. The van der Waals surface area contributed by atoms with Gasteiger partial charge in [0.2, 0.25) is 5.91 Å². The van der Waals surface area contributed by atoms with Crippen molar-refractivity contribution in [1.29, 1.82) is 0 Å². The summed E-state index contributed by atoms with van der Waals surface area (Å²) in [5.74, 6) is 0.231. The van der Waals surface area contributed by atoms with Crippen LogP contribution >= 0.6 is 15.9 Å². The van der Waals surface area contributed by atoms with E-state index in [0.717, 1.165) is 5.56 Å². The topological polar surface area (TPSA) is 91.2 Å². The first-order valence-corrected chi connectivity index (χ1v) is 8.04. The Hall–Kier alpha value is -2.54. The molecule has 2 aromatic rings. The molecule has 126 valence electrons. The van der Waals surface area contributed by atoms with E-state index < -0.39 is 0 Å². The monoisotopic (exact) mass is 392 g/mol. The number of nitrogens with one attached hydrogen (secondary N) is 1. The van der Waals surface area contributed by atoms with Crippen LogP contribution in [0.2, 0.25) is 0 Å². The number of hydrogen-bond donors (Lipinski definition) is 3. The van der Waals surface area contributed by atoms with Gasteiger partial charge in [-0.05, 0) is 58.2 Å². The number of benzene rings is 2. The van der Waals surface area contributed by atoms with Crippen LogP contribution in [0.1, 0.15) is 18.1 Å². The smallest absolute Gasteiger partial charge is 0.244 e. The second kappa shape index (κ2) is 8.35. The van der Waals surface area contributed by atoms with E-state index in [0.29, 0.717) is 22.4 Å². The Bertz CT molecular complexity index is 745. The van der Waals surface area contributed by atoms with Gasteiger partial charge in [0, 0.05) is 0 Å². The van der Waals surface area contributed by atoms with Gasteiger partial charge in [0.05, 0.1) is 23.7 Å². The van der Waals surface area contributed by atoms with Crippen LogP contribution in [-0.4, -0.2) is 28.9 Å². The number of phenolic OH excluding ortho intramolecular Hbond substituents is 2. The quantitative estimate of drug-likeness (QED) is 0.520. The second-order valence-electron chi connectivity index (χ2n) is 4.92. The molecule has 2 aromatic carbocycles. The van der Waals surface area contributed by atoms with Crippen LogP contribution in [0.3, 0.4) is 0 Å². The lowest BCUT2D eigenvalue weighted by atomic mass is 10.1. The van der Waals surface area contributed by atoms with E-state index in [4.69, 9.17) is 4.74 Å². The summed E-state index contributed by atoms with van der Waals surface area (Å²) in [6, 6.07) is 9.67. The Morgan fingerprint density at radius 2 is 2.00 bits per heavy atom. The summed E-state index contributed by atoms with van der Waals surface area (Å²) >= 11 is 3.24. The standard InChI is InChI=1S/C17H17BrN2O4/c1-2-24-15-8-12(7-14(18)17(15)23)10-19-20-16(22)9-11-3-5-13(21)6-4-11/h3-8,10,21,23H,2,9H2,1H3,(H,20,22)/b19-10-. The van der Waals surface area contributed by atoms with Crippen molar-refractivity contribution in [2.24, 2.45) is 5.10 Å². The molecule has 7 heteroatoms. The van der Waals surface area contributed by atoms with Crippen LogP contribution in [0.25, 0.3) is 0 Å². The maximum atomic E-state index is 11.8. The highest BCUT2D eigenvalue weighted by molar-refractivity contribution is 9.10. The highest BCUT2D eigenvalue weighted by Crippen LogP contribution is 2.34. The van der Waals surface area contributed by atoms with Crippen LogP contribution < -0.4 is 10.2 Å². The molecule has 0 atom stereocenters. The molecule has 0 aliphatic heterocycles. The van der Waals surface area contributed by atoms with Gasteiger partial charge in [-0.25, -0.2) is 5.43 Å². The number of hydrogen-bond acceptors (Lipinski definition) is 5. The van der Waals surface area contributed by atoms with E-state index in [9.17, 15) is 15.0 Å². The molecular formula is C17H17BrN2O4. The van der Waals surface area contributed by atoms with Crippen molar-refractivity contribution in [2.45, 2.75) is 13.3 Å². The lowest BCUT2D eigenvalue weighted by Crippen LogP contribution is -2.19. The number of carbonyl (C=O) groups excluding carboxylic acids is 1. The highest BCUT2D eigenvalue weighted by Gasteiger charge is 2.08. The van der Waals surface area contributed by atoms with Crippen LogP contribution in [0.4, 0.5) is 0 Å². The molecule has 0 aliphatic carbocycles. The van der Waals surface area contributed by atoms with E-state index in [1.54, 1.807) is 24.3 Å². The third-order valence-electron chi connectivity index (χ3n) is 3.05. The van der Waals surface area contributed by atoms with E-state index in [1.807, 2.05) is 6.92 Å². The van der Waals surface area contributed by atoms with Gasteiger partial charge in [0.15, 0.2) is 11.5 Å². The summed E-state index contributed by atoms with van der Waals surface area (Å²) in [5, 5.41) is 22.9. The number of carbonyl (C=O) groups is 1. The highest BCUT2D eigenvalue weighted by atomic mass is 79.9. The first kappa shape index (κ1) is 17.8. The molecule has 3 N–H and O–H groups in total. The van der Waals surface area contributed by atoms with Crippen molar-refractivity contribution >= 4 is 28.1 Å². The lowest BCUT2D eigenvalue weighted by Gasteiger charge is -2.08. The van der Waals surface area contributed by atoms with Gasteiger partial charge in [0.1, 0.15) is 5.75 Å². The zero-order valence-electron chi connectivity index (χ0n) is 13.0. The molecule has 0 aliphatic rings. The van der Waals surface area contributed by atoms with Gasteiger partial charge in [-0.1, -0.05) is 12.1 Å². The van der Waals surface area contributed by atoms with Crippen LogP contribution in [0.5, 0.6) is 17.2 Å². The molecule has 0 bridgehead atoms. The van der Waals surface area contributed by atoms with E-state index >= 15 is 0 Å². The zero-order valence-corrected chi connectivity index (χ0v) is 14.6. The number of halogens is 1. The Labute approximate surface area is 147 Å². The number of rotatable bonds is 6. The predicted molar refractivity (Wildman–Crippen MR) is 94.5 cm³/mol. The molecule has 0 fully saturated rings. The zero-order chi connectivity index (χ0) is 17.5. The van der Waals surface area contributed by atoms with Crippen LogP contribution in [0, 0.1) is 0 Å². The SMILES string of the molecule is CCOc1cc(/C=N\NC(=O)Cc2ccc(O)cc2)cc(Br)c1O. The average Bonchev–Trinajstić information content (AvgIpc) is 2.54. The van der Waals surface area contributed by atoms with Crippen molar-refractivity contribution in [1.82, 2.24) is 5.43 Å². The molecule has 0 heterocycles. The summed E-state index contributed by atoms with van der Waals surface area (Å²) in [7, 11) is 0. The van der Waals surface area contributed by atoms with Crippen molar-refractivity contribution in [3.8, 4) is 17.2 Å². The van der Waals surface area contributed by atoms with Gasteiger partial charge < -0.3 is 14.9 Å². The van der Waals surface area contributed by atoms with Gasteiger partial charge in [0.25, 0.3) is 0 Å². The molecule has 0 saturated heterocycles. The average molecular weight is 393 g/mol. The largest absolute Gasteiger partial charge is 0.508 e. The van der Waals surface area contributed by atoms with Crippen molar-refractivity contribution in [2.75, 3.05) is 6.61 Å². The molecule has 0 unspecified atom stereocenters. The Balaban J connectivity index is 1.98. The summed E-state index contributed by atoms with van der Waals surface area (Å²) in [6.45, 7) is 2.24. The maximum absolute atomic E-state index is 11.8. The fourth-order valence-corrected chi connectivity index (χ4v) is 2.41. The van der Waals surface area contributed by atoms with Crippen molar-refractivity contribution in [3.05, 3.63) is 52.0 Å². The number of phenols is 2. The molecule has 1 amide bonds. The van der Waals surface area contributed by atoms with Crippen LogP contribution in [-0.2, 0) is 11.2 Å². The van der Waals surface area contributed by atoms with Gasteiger partial charge in [-0.2, -0.15) is 5.10 Å². The Morgan fingerprint density at radius 1 is 1.29 bits per heavy atom. The molecule has 0 saturated carbocycles. The summed E-state index contributed by atoms with van der Waals surface area (Å²) < 4.78 is 5.80. The van der Waals surface area contributed by atoms with E-state index in [1.165, 1.54) is 18.3 Å². The summed E-state index contributed by atoms with van der Waals surface area (Å²) in [6.07, 6.45) is 1.61. The Morgan fingerprint density at radius 3 is 2.67 bits per heavy atom. The number of aromatic hydroxyl groups is 2. The molecule has 2 rings (SSSR count). The van der Waals surface area contributed by atoms with E-state index in [-0.39, 0.29) is 23.8 Å². The van der Waals surface area contributed by atoms with Crippen molar-refractivity contribution in [3.63, 3.8) is 0 Å². The molecule has 0 spiro atoms. The van der Waals surface area contributed by atoms with Crippen LogP contribution in [0.15, 0.2) is 46.0 Å². The lowest BCUT2D eigenvalue weighted by molar-refractivity contribution is -0.120. The fraction of sp³-hybridized carbons (Fsp3) is 0.176. The maximum Gasteiger partial charge on any atom is 0.244 e. The predicted octanol–water partition coefficient (Wildman–Crippen LogP) is 2.95. The van der Waals surface area contributed by atoms with Gasteiger partial charge in [-0.3, -0.25) is 4.79 Å². The number of hydrazone groups is 1. The van der Waals surface area contributed by atoms with E-state index in [2.05, 4.69) is 26.5 Å². The minimum atomic E-state index is -0.278. The summed E-state index contributed by atoms with van der Waals surface area (Å²) in [4.78, 5) is 11.8. The Kier molecular flexibility index (Phi) is 6.20. The number of nitrogens with zero attached hydrogens (tertiary/aromatic N) is 1. The fourth-order valence-electron chi connectivity index (χ4n) is 1.95. The van der Waals surface area contributed by atoms with Gasteiger partial charge in [-0.15, -0.1) is 0 Å². The minimum Gasteiger partial charge on any atom is -0.508 e. The first-order chi connectivity index (χ1) is 11.5. The number of amides is 1. The van der Waals surface area contributed by atoms with Gasteiger partial charge >= 0.3 is 0 Å². The first-order valence-electron chi connectivity index (χ1n) is 7.24. The molecule has 6 nitrogen and oxygen atoms in total. The molecule has 24 heavy (non-hydrogen) atoms. The minimum absolute atomic E-state index is 0.0189. The third kappa shape index (κ3) is 4.99.